The minimum absolute atomic E-state index is 0.0436. The van der Waals surface area contributed by atoms with Crippen molar-refractivity contribution in [3.05, 3.63) is 59.2 Å². The molecule has 4 nitrogen and oxygen atoms in total. The largest absolute Gasteiger partial charge is 0.446 e. The maximum absolute atomic E-state index is 12.8. The maximum atomic E-state index is 12.8. The van der Waals surface area contributed by atoms with Crippen LogP contribution in [0.3, 0.4) is 0 Å². The number of halogens is 3. The molecule has 0 aromatic heterocycles. The normalized spacial score (nSPS) is 21.5. The minimum atomic E-state index is -4.31. The molecule has 1 fully saturated rings. The van der Waals surface area contributed by atoms with Gasteiger partial charge in [-0.15, -0.1) is 0 Å². The molecule has 2 aromatic rings. The summed E-state index contributed by atoms with van der Waals surface area (Å²) in [5, 5.41) is 3.07. The zero-order chi connectivity index (χ0) is 22.8. The summed E-state index contributed by atoms with van der Waals surface area (Å²) in [5.74, 6) is -0.242. The summed E-state index contributed by atoms with van der Waals surface area (Å²) in [6.07, 6.45) is 0.674. The molecule has 8 heteroatoms. The second-order valence-electron chi connectivity index (χ2n) is 8.09. The molecule has 0 spiro atoms. The Morgan fingerprint density at radius 1 is 1.26 bits per heavy atom. The number of nitrogens with one attached hydrogen (secondary N) is 2. The molecule has 3 rings (SSSR count). The van der Waals surface area contributed by atoms with Gasteiger partial charge in [-0.25, -0.2) is 0 Å². The van der Waals surface area contributed by atoms with Crippen molar-refractivity contribution < 1.29 is 22.8 Å². The Kier molecular flexibility index (Phi) is 6.91. The average Bonchev–Trinajstić information content (AvgIpc) is 3.39. The van der Waals surface area contributed by atoms with E-state index in [9.17, 15) is 18.0 Å². The number of carbonyl (C=O) groups excluding carboxylic acids is 1. The fourth-order valence-electron chi connectivity index (χ4n) is 3.72. The molecule has 0 saturated heterocycles. The highest BCUT2D eigenvalue weighted by Crippen LogP contribution is 2.54. The summed E-state index contributed by atoms with van der Waals surface area (Å²) in [5.41, 5.74) is 2.00. The Balaban J connectivity index is 1.61. The summed E-state index contributed by atoms with van der Waals surface area (Å²) in [4.78, 5) is 18.2. The first-order valence-corrected chi connectivity index (χ1v) is 11.0. The number of anilines is 1. The van der Waals surface area contributed by atoms with Gasteiger partial charge in [0, 0.05) is 16.2 Å². The number of hydrogen-bond acceptors (Lipinski definition) is 4. The average molecular weight is 453 g/mol. The Bertz CT molecular complexity index is 933. The number of hydrogen-bond donors (Lipinski definition) is 2. The highest BCUT2D eigenvalue weighted by Gasteiger charge is 2.55. The third kappa shape index (κ3) is 5.74. The lowest BCUT2D eigenvalue weighted by Crippen LogP contribution is -2.30. The van der Waals surface area contributed by atoms with E-state index in [0.29, 0.717) is 13.0 Å². The van der Waals surface area contributed by atoms with Gasteiger partial charge in [0.15, 0.2) is 0 Å². The van der Waals surface area contributed by atoms with Crippen LogP contribution in [-0.4, -0.2) is 18.0 Å². The lowest BCUT2D eigenvalue weighted by Gasteiger charge is -2.18. The van der Waals surface area contributed by atoms with E-state index in [1.54, 1.807) is 12.1 Å². The number of carbonyl (C=O) groups is 1. The van der Waals surface area contributed by atoms with E-state index in [2.05, 4.69) is 10.8 Å². The molecule has 1 aliphatic rings. The van der Waals surface area contributed by atoms with Gasteiger partial charge >= 0.3 is 5.51 Å². The topological polar surface area (TPSA) is 50.4 Å². The van der Waals surface area contributed by atoms with Crippen LogP contribution in [-0.2, 0) is 15.0 Å². The van der Waals surface area contributed by atoms with Crippen molar-refractivity contribution in [3.63, 3.8) is 0 Å². The SMILES string of the molecule is CCONc1ccc([C@@H](C)NC(=O)C2CC2(C)c2ccc(SC(F)(F)F)cc2)cc1C. The van der Waals surface area contributed by atoms with E-state index in [1.165, 1.54) is 12.1 Å². The van der Waals surface area contributed by atoms with Crippen LogP contribution < -0.4 is 10.8 Å². The predicted octanol–water partition coefficient (Wildman–Crippen LogP) is 6.13. The smallest absolute Gasteiger partial charge is 0.349 e. The standard InChI is InChI=1S/C23H27F3N2O2S/c1-5-30-28-20-11-6-16(12-14(20)2)15(3)27-21(29)19-13-22(19,4)17-7-9-18(10-8-17)31-23(24,25)26/h6-12,15,19,28H,5,13H2,1-4H3,(H,27,29)/t15-,19?,22?/m1/s1. The van der Waals surface area contributed by atoms with Crippen molar-refractivity contribution in [1.82, 2.24) is 5.32 Å². The lowest BCUT2D eigenvalue weighted by molar-refractivity contribution is -0.123. The molecule has 0 aliphatic heterocycles. The first-order valence-electron chi connectivity index (χ1n) is 10.2. The van der Waals surface area contributed by atoms with E-state index >= 15 is 0 Å². The molecule has 2 aromatic carbocycles. The van der Waals surface area contributed by atoms with Crippen molar-refractivity contribution in [2.45, 2.75) is 56.0 Å². The van der Waals surface area contributed by atoms with Crippen molar-refractivity contribution in [1.29, 1.82) is 0 Å². The van der Waals surface area contributed by atoms with Crippen LogP contribution in [0.2, 0.25) is 0 Å². The predicted molar refractivity (Wildman–Crippen MR) is 117 cm³/mol. The molecule has 31 heavy (non-hydrogen) atoms. The molecule has 2 unspecified atom stereocenters. The highest BCUT2D eigenvalue weighted by molar-refractivity contribution is 8.00. The number of amides is 1. The van der Waals surface area contributed by atoms with Gasteiger partial charge < -0.3 is 5.32 Å². The van der Waals surface area contributed by atoms with Gasteiger partial charge in [-0.1, -0.05) is 31.2 Å². The molecular weight excluding hydrogens is 425 g/mol. The van der Waals surface area contributed by atoms with E-state index in [-0.39, 0.29) is 39.9 Å². The van der Waals surface area contributed by atoms with Crippen molar-refractivity contribution in [2.75, 3.05) is 12.1 Å². The van der Waals surface area contributed by atoms with Crippen LogP contribution in [0.4, 0.5) is 18.9 Å². The maximum Gasteiger partial charge on any atom is 0.446 e. The molecule has 3 atom stereocenters. The molecule has 1 saturated carbocycles. The van der Waals surface area contributed by atoms with Gasteiger partial charge in [0.05, 0.1) is 18.3 Å². The molecule has 168 valence electrons. The molecule has 0 heterocycles. The minimum Gasteiger partial charge on any atom is -0.349 e. The Labute approximate surface area is 184 Å². The second kappa shape index (κ2) is 9.12. The number of alkyl halides is 3. The van der Waals surface area contributed by atoms with Crippen LogP contribution in [0.15, 0.2) is 47.4 Å². The Hall–Kier alpha value is -2.19. The fraction of sp³-hybridized carbons (Fsp3) is 0.435. The third-order valence-corrected chi connectivity index (χ3v) is 6.48. The molecule has 0 radical (unpaired) electrons. The van der Waals surface area contributed by atoms with Crippen LogP contribution in [0.25, 0.3) is 0 Å². The summed E-state index contributed by atoms with van der Waals surface area (Å²) in [6, 6.07) is 12.0. The Morgan fingerprint density at radius 3 is 2.52 bits per heavy atom. The quantitative estimate of drug-likeness (QED) is 0.374. The van der Waals surface area contributed by atoms with Crippen LogP contribution in [0, 0.1) is 12.8 Å². The van der Waals surface area contributed by atoms with Gasteiger partial charge in [0.25, 0.3) is 0 Å². The van der Waals surface area contributed by atoms with Gasteiger partial charge in [-0.3, -0.25) is 15.1 Å². The van der Waals surface area contributed by atoms with Gasteiger partial charge in [0.1, 0.15) is 0 Å². The molecular formula is C23H27F3N2O2S. The number of benzene rings is 2. The third-order valence-electron chi connectivity index (χ3n) is 5.74. The zero-order valence-corrected chi connectivity index (χ0v) is 18.8. The molecule has 1 aliphatic carbocycles. The first-order chi connectivity index (χ1) is 14.5. The first kappa shape index (κ1) is 23.5. The van der Waals surface area contributed by atoms with Crippen molar-refractivity contribution in [3.8, 4) is 0 Å². The van der Waals surface area contributed by atoms with Crippen molar-refractivity contribution in [2.24, 2.45) is 5.92 Å². The van der Waals surface area contributed by atoms with Crippen molar-refractivity contribution >= 4 is 23.4 Å². The van der Waals surface area contributed by atoms with Crippen LogP contribution in [0.1, 0.15) is 49.9 Å². The molecule has 2 N–H and O–H groups in total. The molecule has 0 bridgehead atoms. The Morgan fingerprint density at radius 2 is 1.94 bits per heavy atom. The summed E-state index contributed by atoms with van der Waals surface area (Å²) >= 11 is -0.132. The van der Waals surface area contributed by atoms with Crippen LogP contribution >= 0.6 is 11.8 Å². The van der Waals surface area contributed by atoms with E-state index in [4.69, 9.17) is 4.84 Å². The van der Waals surface area contributed by atoms with Gasteiger partial charge in [0.2, 0.25) is 5.91 Å². The lowest BCUT2D eigenvalue weighted by atomic mass is 9.95. The second-order valence-corrected chi connectivity index (χ2v) is 9.22. The van der Waals surface area contributed by atoms with E-state index in [0.717, 1.165) is 22.4 Å². The zero-order valence-electron chi connectivity index (χ0n) is 18.0. The monoisotopic (exact) mass is 452 g/mol. The van der Waals surface area contributed by atoms with Gasteiger partial charge in [-0.05, 0) is 73.8 Å². The van der Waals surface area contributed by atoms with E-state index < -0.39 is 5.51 Å². The van der Waals surface area contributed by atoms with Gasteiger partial charge in [-0.2, -0.15) is 13.2 Å². The molecule has 1 amide bonds. The summed E-state index contributed by atoms with van der Waals surface area (Å²) in [6.45, 7) is 8.34. The van der Waals surface area contributed by atoms with E-state index in [1.807, 2.05) is 45.9 Å². The number of aryl methyl sites for hydroxylation is 1. The summed E-state index contributed by atoms with van der Waals surface area (Å²) < 4.78 is 37.6. The number of thioether (sulfide) groups is 1. The highest BCUT2D eigenvalue weighted by atomic mass is 32.2. The fourth-order valence-corrected chi connectivity index (χ4v) is 4.26. The van der Waals surface area contributed by atoms with Crippen LogP contribution in [0.5, 0.6) is 0 Å². The summed E-state index contributed by atoms with van der Waals surface area (Å²) in [7, 11) is 0. The number of rotatable bonds is 8.